The number of hydrogen-bond acceptors (Lipinski definition) is 4. The molecule has 0 saturated heterocycles. The summed E-state index contributed by atoms with van der Waals surface area (Å²) >= 11 is 0. The lowest BCUT2D eigenvalue weighted by Crippen LogP contribution is -2.24. The number of hydrogen-bond donors (Lipinski definition) is 1. The lowest BCUT2D eigenvalue weighted by Gasteiger charge is -2.20. The van der Waals surface area contributed by atoms with Gasteiger partial charge in [-0.15, -0.1) is 12.4 Å². The summed E-state index contributed by atoms with van der Waals surface area (Å²) in [5.41, 5.74) is 4.24. The van der Waals surface area contributed by atoms with E-state index in [-0.39, 0.29) is 23.7 Å². The Kier molecular flexibility index (Phi) is 10.5. The molecule has 0 spiro atoms. The molecule has 34 heavy (non-hydrogen) atoms. The molecule has 2 aromatic rings. The van der Waals surface area contributed by atoms with Gasteiger partial charge in [0.2, 0.25) is 5.91 Å². The minimum atomic E-state index is -0.135. The molecule has 0 unspecified atom stereocenters. The highest BCUT2D eigenvalue weighted by Gasteiger charge is 2.15. The normalized spacial score (nSPS) is 13.4. The number of carbonyl (C=O) groups is 1. The van der Waals surface area contributed by atoms with Crippen LogP contribution >= 0.6 is 12.4 Å². The zero-order valence-electron chi connectivity index (χ0n) is 21.1. The van der Waals surface area contributed by atoms with E-state index in [2.05, 4.69) is 69.1 Å². The number of amides is 1. The van der Waals surface area contributed by atoms with Crippen molar-refractivity contribution in [3.05, 3.63) is 59.7 Å². The van der Waals surface area contributed by atoms with Crippen molar-refractivity contribution in [1.29, 1.82) is 0 Å². The van der Waals surface area contributed by atoms with Gasteiger partial charge >= 0.3 is 0 Å². The van der Waals surface area contributed by atoms with Crippen molar-refractivity contribution in [2.45, 2.75) is 52.9 Å². The molecule has 0 radical (unpaired) electrons. The Hall–Kier alpha value is -2.50. The molecule has 1 aliphatic rings. The molecule has 5 nitrogen and oxygen atoms in total. The quantitative estimate of drug-likeness (QED) is 0.421. The molecule has 0 saturated carbocycles. The van der Waals surface area contributed by atoms with E-state index in [4.69, 9.17) is 9.47 Å². The van der Waals surface area contributed by atoms with Gasteiger partial charge in [0, 0.05) is 17.8 Å². The number of nitrogens with zero attached hydrogens (tertiary/aromatic N) is 1. The number of anilines is 1. The van der Waals surface area contributed by atoms with Gasteiger partial charge in [0.15, 0.2) is 11.5 Å². The SMILES string of the molecule is CCN(CC)CCC/C(=C\C(=O)Nc1ccc2c(c1)OCCO2)c1ccc(C(C)(C)C)cc1.Cl. The monoisotopic (exact) mass is 486 g/mol. The highest BCUT2D eigenvalue weighted by atomic mass is 35.5. The van der Waals surface area contributed by atoms with Crippen LogP contribution in [0, 0.1) is 0 Å². The summed E-state index contributed by atoms with van der Waals surface area (Å²) in [5.74, 6) is 1.25. The Balaban J connectivity index is 0.00000408. The third-order valence-electron chi connectivity index (χ3n) is 6.05. The minimum Gasteiger partial charge on any atom is -0.486 e. The fourth-order valence-corrected chi connectivity index (χ4v) is 3.97. The van der Waals surface area contributed by atoms with Gasteiger partial charge < -0.3 is 19.7 Å². The number of halogens is 1. The topological polar surface area (TPSA) is 50.8 Å². The summed E-state index contributed by atoms with van der Waals surface area (Å²) in [6.07, 6.45) is 3.59. The molecular weight excluding hydrogens is 448 g/mol. The Morgan fingerprint density at radius 3 is 2.26 bits per heavy atom. The van der Waals surface area contributed by atoms with E-state index in [0.29, 0.717) is 30.4 Å². The highest BCUT2D eigenvalue weighted by molar-refractivity contribution is 6.04. The van der Waals surface area contributed by atoms with Crippen LogP contribution in [0.15, 0.2) is 48.5 Å². The van der Waals surface area contributed by atoms with Gasteiger partial charge in [-0.3, -0.25) is 4.79 Å². The van der Waals surface area contributed by atoms with Gasteiger partial charge in [-0.05, 0) is 66.7 Å². The molecule has 1 heterocycles. The zero-order chi connectivity index (χ0) is 23.8. The van der Waals surface area contributed by atoms with Gasteiger partial charge in [-0.1, -0.05) is 58.9 Å². The number of benzene rings is 2. The molecule has 0 atom stereocenters. The van der Waals surface area contributed by atoms with Crippen LogP contribution in [0.5, 0.6) is 11.5 Å². The number of ether oxygens (including phenoxy) is 2. The first kappa shape index (κ1) is 27.7. The van der Waals surface area contributed by atoms with Crippen molar-refractivity contribution in [3.8, 4) is 11.5 Å². The van der Waals surface area contributed by atoms with Crippen LogP contribution in [-0.2, 0) is 10.2 Å². The summed E-state index contributed by atoms with van der Waals surface area (Å²) in [6.45, 7) is 15.2. The molecule has 0 aromatic heterocycles. The van der Waals surface area contributed by atoms with E-state index in [1.807, 2.05) is 18.2 Å². The summed E-state index contributed by atoms with van der Waals surface area (Å²) in [4.78, 5) is 15.3. The van der Waals surface area contributed by atoms with Crippen LogP contribution in [0.1, 0.15) is 58.6 Å². The van der Waals surface area contributed by atoms with Crippen molar-refractivity contribution in [3.63, 3.8) is 0 Å². The third kappa shape index (κ3) is 7.78. The smallest absolute Gasteiger partial charge is 0.248 e. The van der Waals surface area contributed by atoms with Crippen molar-refractivity contribution in [2.24, 2.45) is 0 Å². The van der Waals surface area contributed by atoms with Gasteiger partial charge in [-0.2, -0.15) is 0 Å². The van der Waals surface area contributed by atoms with Crippen LogP contribution in [0.4, 0.5) is 5.69 Å². The average Bonchev–Trinajstić information content (AvgIpc) is 2.80. The standard InChI is InChI=1S/C28H38N2O3.ClH/c1-6-30(7-2)16-8-9-22(21-10-12-23(13-11-21)28(3,4)5)19-27(31)29-24-14-15-25-26(20-24)33-18-17-32-25;/h10-15,19-20H,6-9,16-18H2,1-5H3,(H,29,31);1H/b22-19+;. The van der Waals surface area contributed by atoms with Crippen molar-refractivity contribution in [2.75, 3.05) is 38.2 Å². The maximum Gasteiger partial charge on any atom is 0.248 e. The van der Waals surface area contributed by atoms with E-state index in [1.165, 1.54) is 5.56 Å². The molecule has 186 valence electrons. The molecule has 2 aromatic carbocycles. The van der Waals surface area contributed by atoms with Crippen molar-refractivity contribution < 1.29 is 14.3 Å². The van der Waals surface area contributed by atoms with Crippen LogP contribution in [0.3, 0.4) is 0 Å². The number of nitrogens with one attached hydrogen (secondary N) is 1. The summed E-state index contributed by atoms with van der Waals surface area (Å²) < 4.78 is 11.2. The highest BCUT2D eigenvalue weighted by Crippen LogP contribution is 2.33. The van der Waals surface area contributed by atoms with Gasteiger partial charge in [0.1, 0.15) is 13.2 Å². The fourth-order valence-electron chi connectivity index (χ4n) is 3.97. The second-order valence-corrected chi connectivity index (χ2v) is 9.48. The van der Waals surface area contributed by atoms with E-state index < -0.39 is 0 Å². The number of fused-ring (bicyclic) bond motifs is 1. The average molecular weight is 487 g/mol. The molecule has 0 aliphatic carbocycles. The fraction of sp³-hybridized carbons (Fsp3) is 0.464. The largest absolute Gasteiger partial charge is 0.486 e. The van der Waals surface area contributed by atoms with E-state index in [0.717, 1.165) is 43.6 Å². The predicted octanol–water partition coefficient (Wildman–Crippen LogP) is 6.32. The Bertz CT molecular complexity index is 961. The van der Waals surface area contributed by atoms with E-state index in [9.17, 15) is 4.79 Å². The number of allylic oxidation sites excluding steroid dienone is 1. The second-order valence-electron chi connectivity index (χ2n) is 9.48. The molecule has 3 rings (SSSR count). The van der Waals surface area contributed by atoms with Crippen LogP contribution in [0.25, 0.3) is 5.57 Å². The molecule has 0 bridgehead atoms. The molecule has 1 aliphatic heterocycles. The van der Waals surface area contributed by atoms with Gasteiger partial charge in [0.05, 0.1) is 0 Å². The van der Waals surface area contributed by atoms with Gasteiger partial charge in [-0.25, -0.2) is 0 Å². The van der Waals surface area contributed by atoms with E-state index >= 15 is 0 Å². The van der Waals surface area contributed by atoms with Crippen molar-refractivity contribution >= 4 is 29.6 Å². The van der Waals surface area contributed by atoms with Crippen LogP contribution in [-0.4, -0.2) is 43.7 Å². The Labute approximate surface area is 210 Å². The van der Waals surface area contributed by atoms with Crippen LogP contribution in [0.2, 0.25) is 0 Å². The number of rotatable bonds is 9. The van der Waals surface area contributed by atoms with E-state index in [1.54, 1.807) is 6.08 Å². The van der Waals surface area contributed by atoms with Crippen LogP contribution < -0.4 is 14.8 Å². The van der Waals surface area contributed by atoms with Gasteiger partial charge in [0.25, 0.3) is 0 Å². The minimum absolute atomic E-state index is 0. The molecule has 0 fully saturated rings. The summed E-state index contributed by atoms with van der Waals surface area (Å²) in [6, 6.07) is 14.1. The predicted molar refractivity (Wildman–Crippen MR) is 143 cm³/mol. The Morgan fingerprint density at radius 1 is 1.00 bits per heavy atom. The zero-order valence-corrected chi connectivity index (χ0v) is 22.0. The molecule has 1 amide bonds. The molecule has 6 heteroatoms. The first-order valence-corrected chi connectivity index (χ1v) is 12.0. The maximum absolute atomic E-state index is 12.9. The first-order chi connectivity index (χ1) is 15.8. The summed E-state index contributed by atoms with van der Waals surface area (Å²) in [5, 5.41) is 2.99. The number of carbonyl (C=O) groups excluding carboxylic acids is 1. The second kappa shape index (κ2) is 12.8. The lowest BCUT2D eigenvalue weighted by atomic mass is 9.86. The first-order valence-electron chi connectivity index (χ1n) is 12.0. The summed E-state index contributed by atoms with van der Waals surface area (Å²) in [7, 11) is 0. The third-order valence-corrected chi connectivity index (χ3v) is 6.05. The molecule has 1 N–H and O–H groups in total. The Morgan fingerprint density at radius 2 is 1.65 bits per heavy atom. The lowest BCUT2D eigenvalue weighted by molar-refractivity contribution is -0.111. The maximum atomic E-state index is 12.9. The van der Waals surface area contributed by atoms with Crippen molar-refractivity contribution in [1.82, 2.24) is 4.90 Å². The molecular formula is C28H39ClN2O3.